The molecular weight excluding hydrogens is 390 g/mol. The van der Waals surface area contributed by atoms with E-state index in [1.54, 1.807) is 53.7 Å². The molecule has 2 aromatic heterocycles. The summed E-state index contributed by atoms with van der Waals surface area (Å²) in [4.78, 5) is 0.206. The average Bonchev–Trinajstić information content (AvgIpc) is 3.22. The van der Waals surface area contributed by atoms with Crippen molar-refractivity contribution in [1.29, 1.82) is 0 Å². The minimum Gasteiger partial charge on any atom is -0.492 e. The topological polar surface area (TPSA) is 91.0 Å². The summed E-state index contributed by atoms with van der Waals surface area (Å²) in [5.74, 6) is 0.580. The third kappa shape index (κ3) is 4.79. The van der Waals surface area contributed by atoms with E-state index >= 15 is 0 Å². The van der Waals surface area contributed by atoms with Gasteiger partial charge < -0.3 is 4.74 Å². The number of rotatable bonds is 7. The first-order valence-corrected chi connectivity index (χ1v) is 10.9. The van der Waals surface area contributed by atoms with Gasteiger partial charge in [-0.25, -0.2) is 8.42 Å². The molecule has 9 heteroatoms. The fourth-order valence-electron chi connectivity index (χ4n) is 3.22. The summed E-state index contributed by atoms with van der Waals surface area (Å²) in [7, 11) is -3.79. The van der Waals surface area contributed by atoms with Gasteiger partial charge in [0.25, 0.3) is 10.0 Å². The largest absolute Gasteiger partial charge is 0.492 e. The number of ether oxygens (including phenoxy) is 1. The van der Waals surface area contributed by atoms with Crippen molar-refractivity contribution in [2.24, 2.45) is 0 Å². The molecule has 2 heterocycles. The van der Waals surface area contributed by atoms with Gasteiger partial charge in [-0.2, -0.15) is 10.2 Å². The second-order valence-electron chi connectivity index (χ2n) is 7.83. The summed E-state index contributed by atoms with van der Waals surface area (Å²) in [6.07, 6.45) is 3.57. The third-order valence-electron chi connectivity index (χ3n) is 4.36. The summed E-state index contributed by atoms with van der Waals surface area (Å²) in [6.45, 7) is 10.5. The number of nitrogens with one attached hydrogen (secondary N) is 1. The zero-order valence-electron chi connectivity index (χ0n) is 17.4. The van der Waals surface area contributed by atoms with Crippen LogP contribution in [0.15, 0.2) is 47.6 Å². The Morgan fingerprint density at radius 1 is 1.17 bits per heavy atom. The second kappa shape index (κ2) is 7.90. The van der Waals surface area contributed by atoms with Gasteiger partial charge >= 0.3 is 0 Å². The van der Waals surface area contributed by atoms with Crippen LogP contribution in [0.3, 0.4) is 0 Å². The highest BCUT2D eigenvalue weighted by atomic mass is 32.2. The molecule has 0 atom stereocenters. The van der Waals surface area contributed by atoms with E-state index in [9.17, 15) is 8.42 Å². The molecule has 3 rings (SSSR count). The number of benzene rings is 1. The van der Waals surface area contributed by atoms with Gasteiger partial charge in [0.2, 0.25) is 0 Å². The first-order valence-electron chi connectivity index (χ1n) is 9.38. The maximum atomic E-state index is 13.0. The molecule has 0 saturated carbocycles. The van der Waals surface area contributed by atoms with Crippen LogP contribution in [0.5, 0.6) is 5.75 Å². The number of anilines is 1. The van der Waals surface area contributed by atoms with E-state index in [1.807, 2.05) is 33.0 Å². The van der Waals surface area contributed by atoms with Crippen LogP contribution < -0.4 is 9.46 Å². The van der Waals surface area contributed by atoms with Crippen molar-refractivity contribution >= 4 is 15.7 Å². The smallest absolute Gasteiger partial charge is 0.265 e. The Balaban J connectivity index is 1.76. The molecule has 0 aliphatic rings. The van der Waals surface area contributed by atoms with Crippen LogP contribution >= 0.6 is 0 Å². The predicted molar refractivity (Wildman–Crippen MR) is 112 cm³/mol. The molecule has 0 aliphatic heterocycles. The van der Waals surface area contributed by atoms with Crippen LogP contribution in [-0.2, 0) is 22.1 Å². The summed E-state index contributed by atoms with van der Waals surface area (Å²) in [6, 6.07) is 8.74. The Bertz CT molecular complexity index is 1080. The lowest BCUT2D eigenvalue weighted by molar-refractivity contribution is 0.291. The number of sulfonamides is 1. The van der Waals surface area contributed by atoms with E-state index in [2.05, 4.69) is 14.9 Å². The Morgan fingerprint density at radius 3 is 2.55 bits per heavy atom. The van der Waals surface area contributed by atoms with Crippen LogP contribution in [0.25, 0.3) is 0 Å². The first-order chi connectivity index (χ1) is 13.6. The Hall–Kier alpha value is -2.81. The standard InChI is InChI=1S/C20H27N5O3S/c1-15-19(16(2)25(22-15)20(3,4)5)29(26,27)23-17-8-6-9-18(14-17)28-13-12-24-11-7-10-21-24/h6-11,14,23H,12-13H2,1-5H3. The summed E-state index contributed by atoms with van der Waals surface area (Å²) in [5.41, 5.74) is 1.19. The summed E-state index contributed by atoms with van der Waals surface area (Å²) in [5, 5.41) is 8.56. The number of hydrogen-bond acceptors (Lipinski definition) is 5. The molecule has 1 N–H and O–H groups in total. The van der Waals surface area contributed by atoms with E-state index < -0.39 is 10.0 Å². The molecule has 0 radical (unpaired) electrons. The Morgan fingerprint density at radius 2 is 1.93 bits per heavy atom. The molecule has 29 heavy (non-hydrogen) atoms. The molecule has 0 saturated heterocycles. The average molecular weight is 418 g/mol. The van der Waals surface area contributed by atoms with E-state index in [0.717, 1.165) is 0 Å². The van der Waals surface area contributed by atoms with Gasteiger partial charge in [0, 0.05) is 18.5 Å². The number of aromatic nitrogens is 4. The lowest BCUT2D eigenvalue weighted by Gasteiger charge is -2.21. The maximum absolute atomic E-state index is 13.0. The fourth-order valence-corrected chi connectivity index (χ4v) is 4.66. The molecule has 3 aromatic rings. The highest BCUT2D eigenvalue weighted by molar-refractivity contribution is 7.92. The molecule has 1 aromatic carbocycles. The van der Waals surface area contributed by atoms with Crippen molar-refractivity contribution < 1.29 is 13.2 Å². The van der Waals surface area contributed by atoms with E-state index in [1.165, 1.54) is 0 Å². The number of aryl methyl sites for hydroxylation is 1. The van der Waals surface area contributed by atoms with Crippen LogP contribution in [0.4, 0.5) is 5.69 Å². The zero-order valence-corrected chi connectivity index (χ0v) is 18.2. The molecule has 0 fully saturated rings. The maximum Gasteiger partial charge on any atom is 0.265 e. The van der Waals surface area contributed by atoms with Gasteiger partial charge in [-0.15, -0.1) is 0 Å². The van der Waals surface area contributed by atoms with Gasteiger partial charge in [0.05, 0.1) is 29.2 Å². The molecule has 8 nitrogen and oxygen atoms in total. The normalized spacial score (nSPS) is 12.2. The van der Waals surface area contributed by atoms with Crippen molar-refractivity contribution in [3.8, 4) is 5.75 Å². The molecule has 0 spiro atoms. The van der Waals surface area contributed by atoms with Crippen molar-refractivity contribution in [3.05, 3.63) is 54.1 Å². The first kappa shape index (κ1) is 20.9. The van der Waals surface area contributed by atoms with Crippen LogP contribution in [0, 0.1) is 13.8 Å². The van der Waals surface area contributed by atoms with E-state index in [0.29, 0.717) is 36.0 Å². The minimum absolute atomic E-state index is 0.206. The Labute approximate surface area is 171 Å². The molecule has 0 aliphatic carbocycles. The number of hydrogen-bond donors (Lipinski definition) is 1. The van der Waals surface area contributed by atoms with Crippen molar-refractivity contribution in [2.75, 3.05) is 11.3 Å². The highest BCUT2D eigenvalue weighted by Gasteiger charge is 2.28. The molecule has 156 valence electrons. The van der Waals surface area contributed by atoms with E-state index in [-0.39, 0.29) is 10.4 Å². The molecule has 0 bridgehead atoms. The van der Waals surface area contributed by atoms with Gasteiger partial charge in [-0.3, -0.25) is 14.1 Å². The van der Waals surface area contributed by atoms with Crippen molar-refractivity contribution in [2.45, 2.75) is 51.6 Å². The predicted octanol–water partition coefficient (Wildman–Crippen LogP) is 3.33. The van der Waals surface area contributed by atoms with Gasteiger partial charge in [0.15, 0.2) is 0 Å². The third-order valence-corrected chi connectivity index (χ3v) is 6.00. The Kier molecular flexibility index (Phi) is 5.70. The monoisotopic (exact) mass is 417 g/mol. The number of nitrogens with zero attached hydrogens (tertiary/aromatic N) is 4. The SMILES string of the molecule is Cc1nn(C(C)(C)C)c(C)c1S(=O)(=O)Nc1cccc(OCCn2cccn2)c1. The quantitative estimate of drug-likeness (QED) is 0.637. The van der Waals surface area contributed by atoms with E-state index in [4.69, 9.17) is 4.74 Å². The van der Waals surface area contributed by atoms with Crippen LogP contribution in [0.1, 0.15) is 32.2 Å². The van der Waals surface area contributed by atoms with Gasteiger partial charge in [-0.1, -0.05) is 6.07 Å². The van der Waals surface area contributed by atoms with Crippen LogP contribution in [-0.4, -0.2) is 34.6 Å². The summed E-state index contributed by atoms with van der Waals surface area (Å²) >= 11 is 0. The highest BCUT2D eigenvalue weighted by Crippen LogP contribution is 2.27. The van der Waals surface area contributed by atoms with Crippen molar-refractivity contribution in [1.82, 2.24) is 19.6 Å². The molecule has 0 unspecified atom stereocenters. The summed E-state index contributed by atoms with van der Waals surface area (Å²) < 4.78 is 38.0. The zero-order chi connectivity index (χ0) is 21.2. The lowest BCUT2D eigenvalue weighted by atomic mass is 10.1. The minimum atomic E-state index is -3.79. The lowest BCUT2D eigenvalue weighted by Crippen LogP contribution is -2.25. The fraction of sp³-hybridized carbons (Fsp3) is 0.400. The van der Waals surface area contributed by atoms with Crippen molar-refractivity contribution in [3.63, 3.8) is 0 Å². The van der Waals surface area contributed by atoms with Gasteiger partial charge in [-0.05, 0) is 52.8 Å². The molecule has 0 amide bonds. The van der Waals surface area contributed by atoms with Gasteiger partial charge in [0.1, 0.15) is 17.3 Å². The molecular formula is C20H27N5O3S. The second-order valence-corrected chi connectivity index (χ2v) is 9.45. The van der Waals surface area contributed by atoms with Crippen LogP contribution in [0.2, 0.25) is 0 Å².